The highest BCUT2D eigenvalue weighted by atomic mass is 31.2. The summed E-state index contributed by atoms with van der Waals surface area (Å²) in [6.07, 6.45) is -0.561. The third-order valence-electron chi connectivity index (χ3n) is 3.77. The minimum absolute atomic E-state index is 0.0542. The molecule has 0 radical (unpaired) electrons. The number of rotatable bonds is 7. The van der Waals surface area contributed by atoms with E-state index in [0.29, 0.717) is 0 Å². The third-order valence-corrected chi connectivity index (χ3v) is 4.86. The van der Waals surface area contributed by atoms with Crippen molar-refractivity contribution < 1.29 is 28.3 Å². The van der Waals surface area contributed by atoms with Crippen LogP contribution in [0.25, 0.3) is 10.4 Å². The van der Waals surface area contributed by atoms with E-state index in [9.17, 15) is 23.8 Å². The molecule has 2 heterocycles. The number of carbonyl (C=O) groups is 1. The zero-order chi connectivity index (χ0) is 20.2. The van der Waals surface area contributed by atoms with Crippen molar-refractivity contribution in [2.24, 2.45) is 5.11 Å². The molecule has 0 aliphatic carbocycles. The number of carbonyl (C=O) groups excluding carboxylic acids is 1. The predicted octanol–water partition coefficient (Wildman–Crippen LogP) is 1.17. The number of nitrogens with one attached hydrogen (secondary N) is 1. The lowest BCUT2D eigenvalue weighted by Crippen LogP contribution is -2.33. The van der Waals surface area contributed by atoms with Gasteiger partial charge in [0.05, 0.1) is 25.4 Å². The highest BCUT2D eigenvalue weighted by Crippen LogP contribution is 2.45. The maximum Gasteiger partial charge on any atom is 0.435 e. The Morgan fingerprint density at radius 1 is 1.59 bits per heavy atom. The second-order valence-electron chi connectivity index (χ2n) is 5.63. The van der Waals surface area contributed by atoms with E-state index in [1.807, 2.05) is 0 Å². The van der Waals surface area contributed by atoms with Crippen LogP contribution in [0.1, 0.15) is 25.1 Å². The van der Waals surface area contributed by atoms with Crippen LogP contribution >= 0.6 is 7.60 Å². The van der Waals surface area contributed by atoms with E-state index in [1.54, 1.807) is 0 Å². The third kappa shape index (κ3) is 4.85. The zero-order valence-corrected chi connectivity index (χ0v) is 15.4. The molecule has 4 atom stereocenters. The van der Waals surface area contributed by atoms with Gasteiger partial charge in [0.1, 0.15) is 6.23 Å². The zero-order valence-electron chi connectivity index (χ0n) is 14.5. The van der Waals surface area contributed by atoms with Gasteiger partial charge in [-0.05, 0) is 19.4 Å². The van der Waals surface area contributed by atoms with Crippen molar-refractivity contribution >= 4 is 13.3 Å². The average molecular weight is 403 g/mol. The molecule has 2 rings (SSSR count). The number of azide groups is 1. The molecule has 1 aliphatic heterocycles. The first-order chi connectivity index (χ1) is 12.7. The van der Waals surface area contributed by atoms with Gasteiger partial charge in [0.25, 0.3) is 5.56 Å². The Morgan fingerprint density at radius 2 is 2.30 bits per heavy atom. The topological polar surface area (TPSA) is 186 Å². The van der Waals surface area contributed by atoms with Crippen LogP contribution < -0.4 is 11.2 Å². The van der Waals surface area contributed by atoms with Crippen LogP contribution in [-0.2, 0) is 18.6 Å². The fraction of sp³-hybridized carbons (Fsp3) is 0.615. The van der Waals surface area contributed by atoms with Crippen molar-refractivity contribution in [2.45, 2.75) is 38.6 Å². The standard InChI is InChI=1S/C13H18N5O8P/c1-3-24-13(21)27(22,23)25-6-9-8(16-17-14)4-10(26-9)18-5-7(2)11(19)15-12(18)20/h5,8-10H,3-4,6H2,1-2H3,(H,22,23)(H,15,19,20)/t8-,9+,10+/m0/s1. The first kappa shape index (κ1) is 20.9. The van der Waals surface area contributed by atoms with Gasteiger partial charge in [-0.15, -0.1) is 0 Å². The molecule has 1 unspecified atom stereocenters. The maximum atomic E-state index is 12.0. The van der Waals surface area contributed by atoms with Crippen LogP contribution in [0, 0.1) is 6.92 Å². The van der Waals surface area contributed by atoms with Gasteiger partial charge >= 0.3 is 19.0 Å². The minimum Gasteiger partial charge on any atom is -0.457 e. The molecular formula is C13H18N5O8P. The number of hydrogen-bond acceptors (Lipinski definition) is 8. The summed E-state index contributed by atoms with van der Waals surface area (Å²) in [5, 5.41) is 3.53. The Balaban J connectivity index is 2.18. The highest BCUT2D eigenvalue weighted by Gasteiger charge is 2.40. The van der Waals surface area contributed by atoms with Gasteiger partial charge in [0.2, 0.25) is 0 Å². The molecule has 0 amide bonds. The van der Waals surface area contributed by atoms with E-state index in [0.717, 1.165) is 4.57 Å². The van der Waals surface area contributed by atoms with Crippen molar-refractivity contribution in [3.63, 3.8) is 0 Å². The molecule has 13 nitrogen and oxygen atoms in total. The predicted molar refractivity (Wildman–Crippen MR) is 90.3 cm³/mol. The molecule has 1 aromatic rings. The molecule has 1 aliphatic rings. The molecular weight excluding hydrogens is 385 g/mol. The largest absolute Gasteiger partial charge is 0.457 e. The van der Waals surface area contributed by atoms with Crippen molar-refractivity contribution in [1.82, 2.24) is 9.55 Å². The molecule has 14 heteroatoms. The summed E-state index contributed by atoms with van der Waals surface area (Å²) in [6.45, 7) is 2.30. The lowest BCUT2D eigenvalue weighted by molar-refractivity contribution is -0.0239. The molecule has 2 N–H and O–H groups in total. The van der Waals surface area contributed by atoms with Gasteiger partial charge in [-0.2, -0.15) is 0 Å². The van der Waals surface area contributed by atoms with Gasteiger partial charge in [-0.3, -0.25) is 18.9 Å². The smallest absolute Gasteiger partial charge is 0.435 e. The van der Waals surface area contributed by atoms with Crippen LogP contribution in [0.4, 0.5) is 4.79 Å². The van der Waals surface area contributed by atoms with Crippen molar-refractivity contribution in [2.75, 3.05) is 13.2 Å². The molecule has 0 aromatic carbocycles. The van der Waals surface area contributed by atoms with Gasteiger partial charge in [0.15, 0.2) is 0 Å². The van der Waals surface area contributed by atoms with Crippen molar-refractivity contribution in [1.29, 1.82) is 0 Å². The number of H-pyrrole nitrogens is 1. The van der Waals surface area contributed by atoms with Crippen LogP contribution in [0.5, 0.6) is 0 Å². The Kier molecular flexibility index (Phi) is 6.58. The minimum atomic E-state index is -4.71. The summed E-state index contributed by atoms with van der Waals surface area (Å²) in [5.41, 5.74) is 6.27. The monoisotopic (exact) mass is 403 g/mol. The second-order valence-corrected chi connectivity index (χ2v) is 7.30. The molecule has 0 bridgehead atoms. The average Bonchev–Trinajstić information content (AvgIpc) is 2.99. The highest BCUT2D eigenvalue weighted by molar-refractivity contribution is 7.70. The number of aromatic nitrogens is 2. The lowest BCUT2D eigenvalue weighted by Gasteiger charge is -2.18. The van der Waals surface area contributed by atoms with Crippen LogP contribution in [-0.4, -0.2) is 45.5 Å². The molecule has 0 spiro atoms. The van der Waals surface area contributed by atoms with Gasteiger partial charge in [-0.25, -0.2) is 14.2 Å². The molecule has 1 aromatic heterocycles. The quantitative estimate of drug-likeness (QED) is 0.294. The first-order valence-corrected chi connectivity index (χ1v) is 9.43. The second kappa shape index (κ2) is 8.51. The summed E-state index contributed by atoms with van der Waals surface area (Å²) in [7, 11) is -4.71. The fourth-order valence-corrected chi connectivity index (χ4v) is 3.20. The van der Waals surface area contributed by atoms with E-state index < -0.39 is 49.5 Å². The Bertz CT molecular complexity index is 920. The Labute approximate surface area is 152 Å². The number of hydrogen-bond donors (Lipinski definition) is 2. The Morgan fingerprint density at radius 3 is 2.93 bits per heavy atom. The number of nitrogens with zero attached hydrogens (tertiary/aromatic N) is 4. The van der Waals surface area contributed by atoms with E-state index in [2.05, 4.69) is 19.7 Å². The summed E-state index contributed by atoms with van der Waals surface area (Å²) < 4.78 is 27.7. The molecule has 27 heavy (non-hydrogen) atoms. The number of aryl methyl sites for hydroxylation is 1. The number of ether oxygens (including phenoxy) is 2. The van der Waals surface area contributed by atoms with Crippen LogP contribution in [0.2, 0.25) is 0 Å². The van der Waals surface area contributed by atoms with Crippen LogP contribution in [0.3, 0.4) is 0 Å². The molecule has 1 fully saturated rings. The van der Waals surface area contributed by atoms with E-state index in [-0.39, 0.29) is 18.6 Å². The summed E-state index contributed by atoms with van der Waals surface area (Å²) in [4.78, 5) is 49.3. The van der Waals surface area contributed by atoms with Gasteiger partial charge in [0, 0.05) is 23.1 Å². The maximum absolute atomic E-state index is 12.0. The molecule has 0 saturated carbocycles. The number of aromatic amines is 1. The SMILES string of the molecule is CCOC(=O)P(=O)(O)OC[C@H]1O[C@@H](n2cc(C)c(=O)[nH]c2=O)C[C@@H]1N=[N+]=[N-]. The summed E-state index contributed by atoms with van der Waals surface area (Å²) in [5.74, 6) is 0. The van der Waals surface area contributed by atoms with Crippen molar-refractivity contribution in [3.8, 4) is 0 Å². The van der Waals surface area contributed by atoms with Gasteiger partial charge in [-0.1, -0.05) is 5.11 Å². The normalized spacial score (nSPS) is 24.0. The molecule has 1 saturated heterocycles. The lowest BCUT2D eigenvalue weighted by atomic mass is 10.1. The van der Waals surface area contributed by atoms with E-state index in [1.165, 1.54) is 20.0 Å². The van der Waals surface area contributed by atoms with Gasteiger partial charge < -0.3 is 14.4 Å². The molecule has 148 valence electrons. The summed E-state index contributed by atoms with van der Waals surface area (Å²) in [6, 6.07) is -0.832. The fourth-order valence-electron chi connectivity index (χ4n) is 2.46. The Hall–Kier alpha value is -2.43. The van der Waals surface area contributed by atoms with Crippen LogP contribution in [0.15, 0.2) is 20.9 Å². The van der Waals surface area contributed by atoms with E-state index in [4.69, 9.17) is 14.8 Å². The summed E-state index contributed by atoms with van der Waals surface area (Å²) >= 11 is 0. The van der Waals surface area contributed by atoms with E-state index >= 15 is 0 Å². The first-order valence-electron chi connectivity index (χ1n) is 7.86. The van der Waals surface area contributed by atoms with Crippen molar-refractivity contribution in [3.05, 3.63) is 43.0 Å².